The molecule has 1 aromatic heterocycles. The average Bonchev–Trinajstić information content (AvgIpc) is 2.88. The van der Waals surface area contributed by atoms with Crippen LogP contribution in [-0.2, 0) is 9.47 Å². The Bertz CT molecular complexity index is 1400. The molecular weight excluding hydrogens is 508 g/mol. The van der Waals surface area contributed by atoms with Gasteiger partial charge in [-0.05, 0) is 24.3 Å². The molecule has 204 valence electrons. The molecule has 5 rings (SSSR count). The molecule has 3 aromatic rings. The van der Waals surface area contributed by atoms with Gasteiger partial charge in [0.1, 0.15) is 77.2 Å². The van der Waals surface area contributed by atoms with E-state index in [1.54, 1.807) is 0 Å². The summed E-state index contributed by atoms with van der Waals surface area (Å²) in [5.41, 5.74) is -1.86. The van der Waals surface area contributed by atoms with Gasteiger partial charge in [-0.2, -0.15) is 0 Å². The minimum atomic E-state index is -1.85. The second kappa shape index (κ2) is 9.80. The van der Waals surface area contributed by atoms with E-state index in [0.717, 1.165) is 6.07 Å². The van der Waals surface area contributed by atoms with E-state index in [4.69, 9.17) is 13.9 Å². The quantitative estimate of drug-likeness (QED) is 0.194. The number of phenolic OH excluding ortho intramolecular Hbond substituents is 3. The highest BCUT2D eigenvalue weighted by atomic mass is 16.5. The van der Waals surface area contributed by atoms with Crippen LogP contribution in [0.4, 0.5) is 0 Å². The number of rotatable bonds is 3. The Hall–Kier alpha value is -3.27. The predicted molar refractivity (Wildman–Crippen MR) is 126 cm³/mol. The summed E-state index contributed by atoms with van der Waals surface area (Å²) < 4.78 is 16.8. The van der Waals surface area contributed by atoms with Crippen molar-refractivity contribution in [1.82, 2.24) is 0 Å². The van der Waals surface area contributed by atoms with Gasteiger partial charge in [0.25, 0.3) is 0 Å². The van der Waals surface area contributed by atoms with Crippen molar-refractivity contribution in [3.8, 4) is 28.6 Å². The number of hydrogen-bond donors (Lipinski definition) is 9. The topological polar surface area (TPSA) is 231 Å². The number of ether oxygens (including phenoxy) is 2. The number of benzene rings is 2. The third kappa shape index (κ3) is 4.19. The Morgan fingerprint density at radius 3 is 1.76 bits per heavy atom. The lowest BCUT2D eigenvalue weighted by atomic mass is 9.87. The van der Waals surface area contributed by atoms with Crippen LogP contribution in [0.25, 0.3) is 22.3 Å². The van der Waals surface area contributed by atoms with Crippen LogP contribution in [-0.4, -0.2) is 95.8 Å². The molecule has 2 aliphatic rings. The Labute approximate surface area is 213 Å². The van der Waals surface area contributed by atoms with E-state index >= 15 is 0 Å². The number of aromatic hydroxyl groups is 3. The van der Waals surface area contributed by atoms with Gasteiger partial charge in [-0.1, -0.05) is 0 Å². The summed E-state index contributed by atoms with van der Waals surface area (Å²) in [7, 11) is 0. The molecule has 0 amide bonds. The van der Waals surface area contributed by atoms with Crippen LogP contribution in [0.15, 0.2) is 39.5 Å². The Kier molecular flexibility index (Phi) is 6.79. The molecule has 2 fully saturated rings. The van der Waals surface area contributed by atoms with Gasteiger partial charge in [0, 0.05) is 11.6 Å². The van der Waals surface area contributed by atoms with E-state index in [1.807, 2.05) is 0 Å². The van der Waals surface area contributed by atoms with Crippen molar-refractivity contribution >= 4 is 11.0 Å². The molecule has 0 spiro atoms. The zero-order valence-corrected chi connectivity index (χ0v) is 19.6. The Morgan fingerprint density at radius 1 is 0.684 bits per heavy atom. The molecule has 0 radical (unpaired) electrons. The highest BCUT2D eigenvalue weighted by molar-refractivity contribution is 5.91. The fourth-order valence-electron chi connectivity index (χ4n) is 4.83. The lowest BCUT2D eigenvalue weighted by Gasteiger charge is -2.38. The average molecular weight is 534 g/mol. The number of aliphatic hydroxyl groups excluding tert-OH is 6. The molecule has 0 bridgehead atoms. The normalized spacial score (nSPS) is 31.9. The molecular formula is C25H26O13. The number of hydrogen-bond acceptors (Lipinski definition) is 13. The zero-order chi connectivity index (χ0) is 27.5. The minimum Gasteiger partial charge on any atom is -0.508 e. The molecule has 0 aliphatic carbocycles. The SMILES string of the molecule is O=c1cc(-c2ccc(O)cc2)oc2c([C@@H]3OC[C@@H](O)[C@@H](O)[C@@H]3O)c(O)c([C@@H]3OC[C@H](O)[C@H](O)[C@H]3O)c(O)c12. The van der Waals surface area contributed by atoms with Crippen molar-refractivity contribution in [2.45, 2.75) is 48.8 Å². The molecule has 3 heterocycles. The van der Waals surface area contributed by atoms with Crippen molar-refractivity contribution in [1.29, 1.82) is 0 Å². The molecule has 9 N–H and O–H groups in total. The summed E-state index contributed by atoms with van der Waals surface area (Å²) in [5.74, 6) is -1.80. The Balaban J connectivity index is 1.80. The summed E-state index contributed by atoms with van der Waals surface area (Å²) >= 11 is 0. The molecule has 2 saturated heterocycles. The van der Waals surface area contributed by atoms with Gasteiger partial charge in [0.2, 0.25) is 0 Å². The molecule has 0 saturated carbocycles. The van der Waals surface area contributed by atoms with Gasteiger partial charge < -0.3 is 59.8 Å². The first-order valence-corrected chi connectivity index (χ1v) is 11.7. The van der Waals surface area contributed by atoms with E-state index < -0.39 is 101 Å². The predicted octanol–water partition coefficient (Wildman–Crippen LogP) is -1.12. The first kappa shape index (κ1) is 26.3. The van der Waals surface area contributed by atoms with Crippen molar-refractivity contribution in [3.05, 3.63) is 51.7 Å². The summed E-state index contributed by atoms with van der Waals surface area (Å²) in [5, 5.41) is 93.1. The van der Waals surface area contributed by atoms with Crippen LogP contribution in [0.3, 0.4) is 0 Å². The van der Waals surface area contributed by atoms with E-state index in [-0.39, 0.29) is 11.5 Å². The molecule has 13 nitrogen and oxygen atoms in total. The Morgan fingerprint density at radius 2 is 1.21 bits per heavy atom. The standard InChI is InChI=1S/C25H26O13/c26-9-3-1-8(2-4-9)13-5-10(27)14-19(32)15(24-21(34)17(30)11(28)6-36-24)20(33)16(23(14)38-13)25-22(35)18(31)12(29)7-37-25/h1-5,11-12,17-18,21-22,24-26,28-35H,6-7H2/t11-,12+,17-,18+,21+,22-,24-,25-/m0/s1. The number of aliphatic hydroxyl groups is 6. The largest absolute Gasteiger partial charge is 0.508 e. The van der Waals surface area contributed by atoms with Crippen LogP contribution in [0, 0.1) is 0 Å². The minimum absolute atomic E-state index is 0.0475. The highest BCUT2D eigenvalue weighted by Crippen LogP contribution is 2.50. The first-order chi connectivity index (χ1) is 18.0. The van der Waals surface area contributed by atoms with E-state index in [1.165, 1.54) is 24.3 Å². The van der Waals surface area contributed by atoms with Gasteiger partial charge in [-0.3, -0.25) is 4.79 Å². The maximum Gasteiger partial charge on any atom is 0.197 e. The summed E-state index contributed by atoms with van der Waals surface area (Å²) in [4.78, 5) is 13.3. The van der Waals surface area contributed by atoms with Crippen LogP contribution >= 0.6 is 0 Å². The van der Waals surface area contributed by atoms with Crippen molar-refractivity contribution in [2.75, 3.05) is 13.2 Å². The molecule has 13 heteroatoms. The number of phenols is 3. The highest BCUT2D eigenvalue weighted by Gasteiger charge is 2.46. The smallest absolute Gasteiger partial charge is 0.197 e. The summed E-state index contributed by atoms with van der Waals surface area (Å²) in [6.07, 6.45) is -13.3. The van der Waals surface area contributed by atoms with Crippen LogP contribution in [0.5, 0.6) is 17.2 Å². The molecule has 2 aliphatic heterocycles. The van der Waals surface area contributed by atoms with E-state index in [2.05, 4.69) is 0 Å². The summed E-state index contributed by atoms with van der Waals surface area (Å²) in [6.45, 7) is -0.966. The maximum atomic E-state index is 13.3. The van der Waals surface area contributed by atoms with Crippen molar-refractivity contribution < 1.29 is 59.8 Å². The second-order valence-corrected chi connectivity index (χ2v) is 9.36. The van der Waals surface area contributed by atoms with Crippen molar-refractivity contribution in [3.63, 3.8) is 0 Å². The fourth-order valence-corrected chi connectivity index (χ4v) is 4.83. The van der Waals surface area contributed by atoms with Crippen molar-refractivity contribution in [2.24, 2.45) is 0 Å². The van der Waals surface area contributed by atoms with Gasteiger partial charge in [0.15, 0.2) is 11.0 Å². The van der Waals surface area contributed by atoms with E-state index in [9.17, 15) is 50.8 Å². The van der Waals surface area contributed by atoms with Crippen LogP contribution < -0.4 is 5.43 Å². The second-order valence-electron chi connectivity index (χ2n) is 9.36. The third-order valence-electron chi connectivity index (χ3n) is 6.92. The fraction of sp³-hybridized carbons (Fsp3) is 0.400. The molecule has 0 unspecified atom stereocenters. The summed E-state index contributed by atoms with van der Waals surface area (Å²) in [6, 6.07) is 6.60. The third-order valence-corrected chi connectivity index (χ3v) is 6.92. The maximum absolute atomic E-state index is 13.3. The van der Waals surface area contributed by atoms with Crippen LogP contribution in [0.1, 0.15) is 23.3 Å². The van der Waals surface area contributed by atoms with Gasteiger partial charge in [-0.15, -0.1) is 0 Å². The number of fused-ring (bicyclic) bond motifs is 1. The first-order valence-electron chi connectivity index (χ1n) is 11.7. The van der Waals surface area contributed by atoms with Gasteiger partial charge in [-0.25, -0.2) is 0 Å². The zero-order valence-electron chi connectivity index (χ0n) is 19.6. The van der Waals surface area contributed by atoms with E-state index in [0.29, 0.717) is 5.56 Å². The molecule has 38 heavy (non-hydrogen) atoms. The van der Waals surface area contributed by atoms with Crippen LogP contribution in [0.2, 0.25) is 0 Å². The molecule has 8 atom stereocenters. The monoisotopic (exact) mass is 534 g/mol. The lowest BCUT2D eigenvalue weighted by molar-refractivity contribution is -0.191. The molecule has 2 aromatic carbocycles. The van der Waals surface area contributed by atoms with Gasteiger partial charge >= 0.3 is 0 Å². The lowest BCUT2D eigenvalue weighted by Crippen LogP contribution is -2.49. The van der Waals surface area contributed by atoms with Gasteiger partial charge in [0.05, 0.1) is 24.3 Å².